The molecular weight excluding hydrogens is 416 g/mol. The van der Waals surface area contributed by atoms with Crippen molar-refractivity contribution >= 4 is 5.91 Å². The van der Waals surface area contributed by atoms with Crippen LogP contribution in [-0.2, 0) is 4.74 Å². The van der Waals surface area contributed by atoms with E-state index in [1.165, 1.54) is 0 Å². The summed E-state index contributed by atoms with van der Waals surface area (Å²) in [5, 5.41) is 15.1. The minimum absolute atomic E-state index is 0.00235. The van der Waals surface area contributed by atoms with Gasteiger partial charge in [-0.05, 0) is 48.9 Å². The van der Waals surface area contributed by atoms with E-state index in [1.807, 2.05) is 66.4 Å². The van der Waals surface area contributed by atoms with Crippen LogP contribution >= 0.6 is 0 Å². The van der Waals surface area contributed by atoms with Crippen LogP contribution in [0.4, 0.5) is 0 Å². The second kappa shape index (κ2) is 8.88. The van der Waals surface area contributed by atoms with Gasteiger partial charge in [0.25, 0.3) is 5.91 Å². The molecule has 2 heterocycles. The smallest absolute Gasteiger partial charge is 0.254 e. The minimum Gasteiger partial charge on any atom is -0.507 e. The molecule has 1 aromatic heterocycles. The number of rotatable bonds is 4. The summed E-state index contributed by atoms with van der Waals surface area (Å²) in [5.74, 6) is 1.22. The van der Waals surface area contributed by atoms with Gasteiger partial charge in [0.1, 0.15) is 5.75 Å². The van der Waals surface area contributed by atoms with Gasteiger partial charge in [-0.25, -0.2) is 9.67 Å². The average molecular weight is 441 g/mol. The van der Waals surface area contributed by atoms with Crippen molar-refractivity contribution in [3.05, 3.63) is 83.9 Å². The summed E-state index contributed by atoms with van der Waals surface area (Å²) in [6.07, 6.45) is 0. The molecule has 7 nitrogen and oxygen atoms in total. The first-order valence-electron chi connectivity index (χ1n) is 10.9. The van der Waals surface area contributed by atoms with Crippen molar-refractivity contribution in [3.8, 4) is 34.2 Å². The summed E-state index contributed by atoms with van der Waals surface area (Å²) in [7, 11) is 0. The highest BCUT2D eigenvalue weighted by Crippen LogP contribution is 2.31. The van der Waals surface area contributed by atoms with E-state index in [0.29, 0.717) is 49.1 Å². The molecule has 0 saturated carbocycles. The van der Waals surface area contributed by atoms with Gasteiger partial charge in [-0.2, -0.15) is 0 Å². The van der Waals surface area contributed by atoms with Gasteiger partial charge < -0.3 is 14.7 Å². The second-order valence-corrected chi connectivity index (χ2v) is 7.95. The van der Waals surface area contributed by atoms with E-state index in [9.17, 15) is 9.90 Å². The monoisotopic (exact) mass is 440 g/mol. The Morgan fingerprint density at radius 2 is 1.58 bits per heavy atom. The van der Waals surface area contributed by atoms with Gasteiger partial charge in [-0.1, -0.05) is 36.4 Å². The Kier molecular flexibility index (Phi) is 5.62. The molecular formula is C26H24N4O3. The number of aromatic hydroxyl groups is 1. The van der Waals surface area contributed by atoms with Crippen molar-refractivity contribution < 1.29 is 14.6 Å². The topological polar surface area (TPSA) is 80.5 Å². The Morgan fingerprint density at radius 1 is 0.909 bits per heavy atom. The highest BCUT2D eigenvalue weighted by atomic mass is 16.5. The summed E-state index contributed by atoms with van der Waals surface area (Å²) < 4.78 is 7.10. The summed E-state index contributed by atoms with van der Waals surface area (Å²) in [5.41, 5.74) is 3.97. The predicted octanol–water partition coefficient (Wildman–Crippen LogP) is 4.09. The number of amides is 1. The third-order valence-corrected chi connectivity index (χ3v) is 5.80. The number of hydrogen-bond acceptors (Lipinski definition) is 5. The molecule has 1 aliphatic heterocycles. The van der Waals surface area contributed by atoms with Crippen LogP contribution in [0.3, 0.4) is 0 Å². The van der Waals surface area contributed by atoms with Crippen LogP contribution in [-0.4, -0.2) is 57.0 Å². The van der Waals surface area contributed by atoms with E-state index < -0.39 is 0 Å². The summed E-state index contributed by atoms with van der Waals surface area (Å²) in [4.78, 5) is 19.4. The largest absolute Gasteiger partial charge is 0.507 e. The predicted molar refractivity (Wildman–Crippen MR) is 125 cm³/mol. The van der Waals surface area contributed by atoms with E-state index in [2.05, 4.69) is 0 Å². The lowest BCUT2D eigenvalue weighted by atomic mass is 10.1. The van der Waals surface area contributed by atoms with Crippen molar-refractivity contribution in [2.45, 2.75) is 6.92 Å². The Labute approximate surface area is 191 Å². The molecule has 3 aromatic carbocycles. The molecule has 1 aliphatic rings. The van der Waals surface area contributed by atoms with E-state index >= 15 is 0 Å². The molecule has 0 atom stereocenters. The van der Waals surface area contributed by atoms with Crippen LogP contribution in [0.5, 0.6) is 5.75 Å². The first-order valence-corrected chi connectivity index (χ1v) is 10.9. The first-order chi connectivity index (χ1) is 16.1. The van der Waals surface area contributed by atoms with Gasteiger partial charge in [0.15, 0.2) is 11.6 Å². The zero-order valence-electron chi connectivity index (χ0n) is 18.3. The molecule has 33 heavy (non-hydrogen) atoms. The fourth-order valence-corrected chi connectivity index (χ4v) is 3.96. The number of carbonyl (C=O) groups excluding carboxylic acids is 1. The Morgan fingerprint density at radius 3 is 2.27 bits per heavy atom. The number of phenols is 1. The SMILES string of the molecule is Cc1ccccc1-c1nc(-c2ccccc2O)nn1-c1ccc(C(=O)N2CCOCC2)cc1. The highest BCUT2D eigenvalue weighted by Gasteiger charge is 2.20. The van der Waals surface area contributed by atoms with Gasteiger partial charge in [-0.3, -0.25) is 4.79 Å². The maximum Gasteiger partial charge on any atom is 0.254 e. The van der Waals surface area contributed by atoms with Crippen molar-refractivity contribution in [3.63, 3.8) is 0 Å². The molecule has 0 radical (unpaired) electrons. The number of carbonyl (C=O) groups is 1. The van der Waals surface area contributed by atoms with Crippen molar-refractivity contribution in [2.75, 3.05) is 26.3 Å². The zero-order chi connectivity index (χ0) is 22.8. The Hall–Kier alpha value is -3.97. The summed E-state index contributed by atoms with van der Waals surface area (Å²) in [6, 6.07) is 22.4. The van der Waals surface area contributed by atoms with E-state index in [1.54, 1.807) is 22.9 Å². The standard InChI is InChI=1S/C26H24N4O3/c1-18-6-2-3-7-21(18)25-27-24(22-8-4-5-9-23(22)31)28-30(25)20-12-10-19(11-13-20)26(32)29-14-16-33-17-15-29/h2-13,31H,14-17H2,1H3. The van der Waals surface area contributed by atoms with Crippen LogP contribution in [0, 0.1) is 6.92 Å². The first kappa shape index (κ1) is 20.9. The van der Waals surface area contributed by atoms with Crippen LogP contribution in [0.15, 0.2) is 72.8 Å². The van der Waals surface area contributed by atoms with E-state index in [4.69, 9.17) is 14.8 Å². The van der Waals surface area contributed by atoms with Crippen LogP contribution in [0.2, 0.25) is 0 Å². The number of nitrogens with zero attached hydrogens (tertiary/aromatic N) is 4. The van der Waals surface area contributed by atoms with E-state index in [-0.39, 0.29) is 11.7 Å². The summed E-state index contributed by atoms with van der Waals surface area (Å²) >= 11 is 0. The fourth-order valence-electron chi connectivity index (χ4n) is 3.96. The molecule has 0 bridgehead atoms. The second-order valence-electron chi connectivity index (χ2n) is 7.95. The molecule has 4 aromatic rings. The number of phenolic OH excluding ortho intramolecular Hbond substituents is 1. The molecule has 5 rings (SSSR count). The maximum absolute atomic E-state index is 12.8. The Bertz CT molecular complexity index is 1290. The molecule has 0 aliphatic carbocycles. The van der Waals surface area contributed by atoms with Gasteiger partial charge in [0.2, 0.25) is 0 Å². The van der Waals surface area contributed by atoms with Gasteiger partial charge in [-0.15, -0.1) is 5.10 Å². The number of benzene rings is 3. The molecule has 1 amide bonds. The average Bonchev–Trinajstić information content (AvgIpc) is 3.30. The molecule has 1 fully saturated rings. The highest BCUT2D eigenvalue weighted by molar-refractivity contribution is 5.94. The number of hydrogen-bond donors (Lipinski definition) is 1. The summed E-state index contributed by atoms with van der Waals surface area (Å²) in [6.45, 7) is 4.36. The number of aryl methyl sites for hydroxylation is 1. The lowest BCUT2D eigenvalue weighted by molar-refractivity contribution is 0.0303. The molecule has 1 saturated heterocycles. The van der Waals surface area contributed by atoms with Gasteiger partial charge in [0.05, 0.1) is 24.5 Å². The van der Waals surface area contributed by atoms with Crippen molar-refractivity contribution in [1.82, 2.24) is 19.7 Å². The van der Waals surface area contributed by atoms with Crippen LogP contribution in [0.25, 0.3) is 28.5 Å². The fraction of sp³-hybridized carbons (Fsp3) is 0.192. The molecule has 166 valence electrons. The normalized spacial score (nSPS) is 13.8. The van der Waals surface area contributed by atoms with Gasteiger partial charge >= 0.3 is 0 Å². The zero-order valence-corrected chi connectivity index (χ0v) is 18.3. The number of aromatic nitrogens is 3. The molecule has 0 spiro atoms. The number of morpholine rings is 1. The van der Waals surface area contributed by atoms with Crippen LogP contribution in [0.1, 0.15) is 15.9 Å². The third-order valence-electron chi connectivity index (χ3n) is 5.80. The van der Waals surface area contributed by atoms with Crippen molar-refractivity contribution in [2.24, 2.45) is 0 Å². The minimum atomic E-state index is -0.00235. The lowest BCUT2D eigenvalue weighted by Gasteiger charge is -2.26. The van der Waals surface area contributed by atoms with Crippen LogP contribution < -0.4 is 0 Å². The van der Waals surface area contributed by atoms with Gasteiger partial charge in [0, 0.05) is 24.2 Å². The lowest BCUT2D eigenvalue weighted by Crippen LogP contribution is -2.40. The third kappa shape index (κ3) is 4.10. The van der Waals surface area contributed by atoms with E-state index in [0.717, 1.165) is 16.8 Å². The molecule has 7 heteroatoms. The molecule has 1 N–H and O–H groups in total. The quantitative estimate of drug-likeness (QED) is 0.517. The Balaban J connectivity index is 1.56. The maximum atomic E-state index is 12.8. The number of ether oxygens (including phenoxy) is 1. The van der Waals surface area contributed by atoms with Crippen molar-refractivity contribution in [1.29, 1.82) is 0 Å². The molecule has 0 unspecified atom stereocenters. The number of para-hydroxylation sites is 1.